The number of aliphatic hydroxyl groups is 1. The maximum Gasteiger partial charge on any atom is 0.416 e. The number of hydrogen-bond donors (Lipinski definition) is 2. The number of alkyl halides is 3. The van der Waals surface area contributed by atoms with Crippen molar-refractivity contribution >= 4 is 17.5 Å². The molecule has 0 radical (unpaired) electrons. The number of benzene rings is 2. The van der Waals surface area contributed by atoms with Gasteiger partial charge in [0.05, 0.1) is 16.1 Å². The first-order chi connectivity index (χ1) is 11.8. The zero-order valence-corrected chi connectivity index (χ0v) is 13.6. The van der Waals surface area contributed by atoms with Crippen LogP contribution in [0.3, 0.4) is 0 Å². The van der Waals surface area contributed by atoms with Crippen molar-refractivity contribution < 1.29 is 27.8 Å². The molecule has 0 aromatic heterocycles. The number of carbonyl (C=O) groups is 1. The first-order valence-corrected chi connectivity index (χ1v) is 7.66. The molecule has 0 unspecified atom stereocenters. The van der Waals surface area contributed by atoms with E-state index in [0.29, 0.717) is 0 Å². The monoisotopic (exact) mass is 373 g/mol. The highest BCUT2D eigenvalue weighted by Gasteiger charge is 2.30. The zero-order chi connectivity index (χ0) is 18.4. The third-order valence-corrected chi connectivity index (χ3v) is 3.57. The van der Waals surface area contributed by atoms with E-state index in [2.05, 4.69) is 5.32 Å². The first-order valence-electron chi connectivity index (χ1n) is 7.28. The highest BCUT2D eigenvalue weighted by molar-refractivity contribution is 6.33. The molecule has 4 nitrogen and oxygen atoms in total. The van der Waals surface area contributed by atoms with Crippen molar-refractivity contribution in [1.29, 1.82) is 0 Å². The van der Waals surface area contributed by atoms with Crippen LogP contribution in [0.4, 0.5) is 13.2 Å². The summed E-state index contributed by atoms with van der Waals surface area (Å²) >= 11 is 5.89. The maximum absolute atomic E-state index is 12.4. The summed E-state index contributed by atoms with van der Waals surface area (Å²) < 4.78 is 42.5. The average molecular weight is 374 g/mol. The van der Waals surface area contributed by atoms with Crippen LogP contribution < -0.4 is 10.1 Å². The molecule has 2 aromatic rings. The SMILES string of the molecule is O=C(NC[C@H](O)COc1ccc(C(F)(F)F)cc1)c1ccccc1Cl. The van der Waals surface area contributed by atoms with E-state index in [1.54, 1.807) is 24.3 Å². The number of amides is 1. The quantitative estimate of drug-likeness (QED) is 0.814. The Morgan fingerprint density at radius 1 is 1.16 bits per heavy atom. The Labute approximate surface area is 147 Å². The van der Waals surface area contributed by atoms with Crippen molar-refractivity contribution in [3.05, 3.63) is 64.7 Å². The predicted molar refractivity (Wildman–Crippen MR) is 86.7 cm³/mol. The number of carbonyl (C=O) groups excluding carboxylic acids is 1. The second-order valence-corrected chi connectivity index (χ2v) is 5.58. The molecule has 0 aliphatic carbocycles. The lowest BCUT2D eigenvalue weighted by atomic mass is 10.2. The van der Waals surface area contributed by atoms with E-state index in [1.807, 2.05) is 0 Å². The summed E-state index contributed by atoms with van der Waals surface area (Å²) in [7, 11) is 0. The van der Waals surface area contributed by atoms with Gasteiger partial charge in [-0.05, 0) is 36.4 Å². The fourth-order valence-electron chi connectivity index (χ4n) is 1.94. The molecule has 0 heterocycles. The molecule has 0 aliphatic rings. The van der Waals surface area contributed by atoms with E-state index >= 15 is 0 Å². The number of rotatable bonds is 6. The fourth-order valence-corrected chi connectivity index (χ4v) is 2.16. The van der Waals surface area contributed by atoms with Crippen LogP contribution in [0.2, 0.25) is 5.02 Å². The van der Waals surface area contributed by atoms with E-state index in [4.69, 9.17) is 16.3 Å². The van der Waals surface area contributed by atoms with Crippen LogP contribution >= 0.6 is 11.6 Å². The van der Waals surface area contributed by atoms with Crippen molar-refractivity contribution in [2.24, 2.45) is 0 Å². The van der Waals surface area contributed by atoms with Crippen LogP contribution in [-0.2, 0) is 6.18 Å². The molecule has 2 N–H and O–H groups in total. The minimum absolute atomic E-state index is 0.0926. The minimum Gasteiger partial charge on any atom is -0.491 e. The minimum atomic E-state index is -4.42. The van der Waals surface area contributed by atoms with Crippen LogP contribution in [-0.4, -0.2) is 30.3 Å². The molecule has 25 heavy (non-hydrogen) atoms. The molecule has 0 bridgehead atoms. The van der Waals surface area contributed by atoms with E-state index in [-0.39, 0.29) is 29.5 Å². The topological polar surface area (TPSA) is 58.6 Å². The molecule has 2 aromatic carbocycles. The standard InChI is InChI=1S/C17H15ClF3NO3/c18-15-4-2-1-3-14(15)16(24)22-9-12(23)10-25-13-7-5-11(6-8-13)17(19,20)21/h1-8,12,23H,9-10H2,(H,22,24)/t12-/m0/s1. The Morgan fingerprint density at radius 3 is 2.40 bits per heavy atom. The second-order valence-electron chi connectivity index (χ2n) is 5.18. The number of ether oxygens (including phenoxy) is 1. The van der Waals surface area contributed by atoms with E-state index in [0.717, 1.165) is 24.3 Å². The third kappa shape index (κ3) is 5.65. The molecule has 0 saturated heterocycles. The van der Waals surface area contributed by atoms with Gasteiger partial charge in [0.1, 0.15) is 18.5 Å². The Balaban J connectivity index is 1.80. The van der Waals surface area contributed by atoms with Gasteiger partial charge < -0.3 is 15.2 Å². The molecule has 0 spiro atoms. The zero-order valence-electron chi connectivity index (χ0n) is 12.9. The Hall–Kier alpha value is -2.25. The Bertz CT molecular complexity index is 720. The molecule has 1 amide bonds. The van der Waals surface area contributed by atoms with Gasteiger partial charge in [-0.1, -0.05) is 23.7 Å². The normalized spacial score (nSPS) is 12.5. The van der Waals surface area contributed by atoms with Crippen LogP contribution in [0.1, 0.15) is 15.9 Å². The van der Waals surface area contributed by atoms with Gasteiger partial charge in [0.2, 0.25) is 0 Å². The lowest BCUT2D eigenvalue weighted by Crippen LogP contribution is -2.35. The van der Waals surface area contributed by atoms with Gasteiger partial charge in [0.15, 0.2) is 0 Å². The van der Waals surface area contributed by atoms with Crippen LogP contribution in [0.25, 0.3) is 0 Å². The van der Waals surface area contributed by atoms with E-state index in [9.17, 15) is 23.1 Å². The summed E-state index contributed by atoms with van der Waals surface area (Å²) in [5.41, 5.74) is -0.507. The number of nitrogens with one attached hydrogen (secondary N) is 1. The molecule has 0 fully saturated rings. The number of aliphatic hydroxyl groups excluding tert-OH is 1. The van der Waals surface area contributed by atoms with Gasteiger partial charge in [-0.2, -0.15) is 13.2 Å². The Kier molecular flexibility index (Phi) is 6.27. The summed E-state index contributed by atoms with van der Waals surface area (Å²) in [6.07, 6.45) is -5.45. The van der Waals surface area contributed by atoms with Crippen molar-refractivity contribution in [2.45, 2.75) is 12.3 Å². The molecule has 2 rings (SSSR count). The molecule has 0 aliphatic heterocycles. The third-order valence-electron chi connectivity index (χ3n) is 3.24. The smallest absolute Gasteiger partial charge is 0.416 e. The molecule has 1 atom stereocenters. The summed E-state index contributed by atoms with van der Waals surface area (Å²) in [4.78, 5) is 11.9. The summed E-state index contributed by atoms with van der Waals surface area (Å²) in [6.45, 7) is -0.279. The van der Waals surface area contributed by atoms with Crippen LogP contribution in [0.15, 0.2) is 48.5 Å². The van der Waals surface area contributed by atoms with Gasteiger partial charge in [-0.3, -0.25) is 4.79 Å². The molecule has 0 saturated carbocycles. The number of halogens is 4. The maximum atomic E-state index is 12.4. The predicted octanol–water partition coefficient (Wildman–Crippen LogP) is 3.53. The van der Waals surface area contributed by atoms with Crippen molar-refractivity contribution in [2.75, 3.05) is 13.2 Å². The lowest BCUT2D eigenvalue weighted by Gasteiger charge is -2.14. The van der Waals surface area contributed by atoms with E-state index in [1.165, 1.54) is 0 Å². The van der Waals surface area contributed by atoms with Gasteiger partial charge in [0.25, 0.3) is 5.91 Å². The van der Waals surface area contributed by atoms with Crippen molar-refractivity contribution in [3.8, 4) is 5.75 Å². The van der Waals surface area contributed by atoms with Crippen LogP contribution in [0.5, 0.6) is 5.75 Å². The second kappa shape index (κ2) is 8.22. The van der Waals surface area contributed by atoms with Crippen molar-refractivity contribution in [1.82, 2.24) is 5.32 Å². The first kappa shape index (κ1) is 19.1. The van der Waals surface area contributed by atoms with Gasteiger partial charge in [0, 0.05) is 6.54 Å². The molecular formula is C17H15ClF3NO3. The summed E-state index contributed by atoms with van der Waals surface area (Å²) in [6, 6.07) is 10.6. The Morgan fingerprint density at radius 2 is 1.80 bits per heavy atom. The van der Waals surface area contributed by atoms with Gasteiger partial charge >= 0.3 is 6.18 Å². The van der Waals surface area contributed by atoms with E-state index < -0.39 is 23.8 Å². The summed E-state index contributed by atoms with van der Waals surface area (Å²) in [5.74, 6) is -0.260. The number of hydrogen-bond acceptors (Lipinski definition) is 3. The van der Waals surface area contributed by atoms with Gasteiger partial charge in [-0.15, -0.1) is 0 Å². The highest BCUT2D eigenvalue weighted by Crippen LogP contribution is 2.30. The molecular weight excluding hydrogens is 359 g/mol. The average Bonchev–Trinajstić information content (AvgIpc) is 2.58. The summed E-state index contributed by atoms with van der Waals surface area (Å²) in [5, 5.41) is 12.6. The molecule has 134 valence electrons. The van der Waals surface area contributed by atoms with Crippen LogP contribution in [0, 0.1) is 0 Å². The highest BCUT2D eigenvalue weighted by atomic mass is 35.5. The van der Waals surface area contributed by atoms with Crippen molar-refractivity contribution in [3.63, 3.8) is 0 Å². The fraction of sp³-hybridized carbons (Fsp3) is 0.235. The molecule has 8 heteroatoms. The lowest BCUT2D eigenvalue weighted by molar-refractivity contribution is -0.137. The van der Waals surface area contributed by atoms with Gasteiger partial charge in [-0.25, -0.2) is 0 Å². The largest absolute Gasteiger partial charge is 0.491 e.